The van der Waals surface area contributed by atoms with Gasteiger partial charge in [-0.1, -0.05) is 12.1 Å². The second-order valence-electron chi connectivity index (χ2n) is 7.09. The van der Waals surface area contributed by atoms with Crippen LogP contribution in [-0.4, -0.2) is 23.6 Å². The zero-order chi connectivity index (χ0) is 21.8. The molecule has 0 amide bonds. The predicted molar refractivity (Wildman–Crippen MR) is 115 cm³/mol. The van der Waals surface area contributed by atoms with Crippen molar-refractivity contribution in [1.82, 2.24) is 14.7 Å². The highest BCUT2D eigenvalue weighted by molar-refractivity contribution is 7.90. The van der Waals surface area contributed by atoms with Crippen LogP contribution in [0.2, 0.25) is 0 Å². The molecule has 158 valence electrons. The molecule has 0 atom stereocenters. The summed E-state index contributed by atoms with van der Waals surface area (Å²) in [6.07, 6.45) is 2.48. The summed E-state index contributed by atoms with van der Waals surface area (Å²) in [6, 6.07) is 15.7. The largest absolute Gasteiger partial charge is 0.338 e. The number of aromatic nitrogens is 2. The van der Waals surface area contributed by atoms with Crippen molar-refractivity contribution in [2.24, 2.45) is 0 Å². The Morgan fingerprint density at radius 1 is 1.03 bits per heavy atom. The zero-order valence-corrected chi connectivity index (χ0v) is 17.2. The molecule has 1 saturated carbocycles. The molecule has 1 aromatic heterocycles. The van der Waals surface area contributed by atoms with E-state index in [1.54, 1.807) is 48.5 Å². The number of benzene rings is 2. The molecule has 8 nitrogen and oxygen atoms in total. The highest BCUT2D eigenvalue weighted by atomic mass is 32.2. The van der Waals surface area contributed by atoms with Crippen molar-refractivity contribution in [2.45, 2.75) is 24.6 Å². The quantitative estimate of drug-likeness (QED) is 0.492. The summed E-state index contributed by atoms with van der Waals surface area (Å²) in [5, 5.41) is 14.5. The third kappa shape index (κ3) is 5.33. The van der Waals surface area contributed by atoms with Gasteiger partial charge in [0.2, 0.25) is 16.0 Å². The predicted octanol–water partition coefficient (Wildman–Crippen LogP) is 3.56. The lowest BCUT2D eigenvalue weighted by molar-refractivity contribution is 0.580. The molecule has 1 aliphatic carbocycles. The average molecular weight is 438 g/mol. The maximum atomic E-state index is 14.2. The maximum absolute atomic E-state index is 14.2. The number of nitriles is 1. The molecular weight excluding hydrogens is 419 g/mol. The van der Waals surface area contributed by atoms with Gasteiger partial charge in [-0.2, -0.15) is 10.2 Å². The fraction of sp³-hybridized carbons (Fsp3) is 0.190. The van der Waals surface area contributed by atoms with E-state index in [4.69, 9.17) is 5.26 Å². The molecule has 10 heteroatoms. The molecule has 31 heavy (non-hydrogen) atoms. The summed E-state index contributed by atoms with van der Waals surface area (Å²) in [6.45, 7) is 0.208. The van der Waals surface area contributed by atoms with Crippen LogP contribution in [0.25, 0.3) is 0 Å². The van der Waals surface area contributed by atoms with Crippen LogP contribution >= 0.6 is 0 Å². The van der Waals surface area contributed by atoms with Gasteiger partial charge >= 0.3 is 0 Å². The van der Waals surface area contributed by atoms with Gasteiger partial charge in [-0.25, -0.2) is 22.5 Å². The van der Waals surface area contributed by atoms with Crippen molar-refractivity contribution in [3.05, 3.63) is 71.7 Å². The molecule has 0 saturated heterocycles. The van der Waals surface area contributed by atoms with E-state index in [0.29, 0.717) is 29.8 Å². The molecule has 0 unspecified atom stereocenters. The van der Waals surface area contributed by atoms with E-state index in [2.05, 4.69) is 25.3 Å². The summed E-state index contributed by atoms with van der Waals surface area (Å²) in [5.74, 6) is -0.431. The van der Waals surface area contributed by atoms with E-state index in [0.717, 1.165) is 11.8 Å². The minimum absolute atomic E-state index is 0.00617. The van der Waals surface area contributed by atoms with Crippen LogP contribution in [0, 0.1) is 17.1 Å². The van der Waals surface area contributed by atoms with Gasteiger partial charge in [0.15, 0.2) is 11.6 Å². The van der Waals surface area contributed by atoms with Crippen molar-refractivity contribution in [3.63, 3.8) is 0 Å². The zero-order valence-electron chi connectivity index (χ0n) is 16.3. The SMILES string of the molecule is N#Cc1ccc(Nc2ncc(F)c(Nc3ccc(CNS(=O)(=O)C4CC4)cc3)n2)cc1. The van der Waals surface area contributed by atoms with Gasteiger partial charge in [0.05, 0.1) is 23.1 Å². The van der Waals surface area contributed by atoms with E-state index in [9.17, 15) is 12.8 Å². The van der Waals surface area contributed by atoms with Crippen LogP contribution in [0.15, 0.2) is 54.7 Å². The summed E-state index contributed by atoms with van der Waals surface area (Å²) in [7, 11) is -3.24. The van der Waals surface area contributed by atoms with Crippen molar-refractivity contribution in [2.75, 3.05) is 10.6 Å². The molecule has 3 N–H and O–H groups in total. The Morgan fingerprint density at radius 2 is 1.68 bits per heavy atom. The number of hydrogen-bond donors (Lipinski definition) is 3. The fourth-order valence-corrected chi connectivity index (χ4v) is 4.16. The molecule has 0 bridgehead atoms. The molecule has 1 fully saturated rings. The van der Waals surface area contributed by atoms with Gasteiger partial charge in [0.1, 0.15) is 0 Å². The lowest BCUT2D eigenvalue weighted by atomic mass is 10.2. The minimum atomic E-state index is -3.24. The molecule has 0 aliphatic heterocycles. The minimum Gasteiger partial charge on any atom is -0.338 e. The molecule has 0 spiro atoms. The number of anilines is 4. The van der Waals surface area contributed by atoms with Gasteiger partial charge in [0.25, 0.3) is 0 Å². The Hall–Kier alpha value is -3.55. The Morgan fingerprint density at radius 3 is 2.32 bits per heavy atom. The van der Waals surface area contributed by atoms with Crippen LogP contribution in [-0.2, 0) is 16.6 Å². The lowest BCUT2D eigenvalue weighted by Crippen LogP contribution is -2.26. The van der Waals surface area contributed by atoms with E-state index >= 15 is 0 Å². The van der Waals surface area contributed by atoms with Gasteiger partial charge in [-0.05, 0) is 54.8 Å². The summed E-state index contributed by atoms with van der Waals surface area (Å²) in [5.41, 5.74) is 2.57. The first-order valence-corrected chi connectivity index (χ1v) is 11.1. The first-order valence-electron chi connectivity index (χ1n) is 9.57. The van der Waals surface area contributed by atoms with Crippen molar-refractivity contribution in [3.8, 4) is 6.07 Å². The van der Waals surface area contributed by atoms with Crippen LogP contribution < -0.4 is 15.4 Å². The van der Waals surface area contributed by atoms with Crippen molar-refractivity contribution < 1.29 is 12.8 Å². The number of nitrogens with zero attached hydrogens (tertiary/aromatic N) is 3. The highest BCUT2D eigenvalue weighted by Crippen LogP contribution is 2.27. The summed E-state index contributed by atoms with van der Waals surface area (Å²) < 4.78 is 40.6. The molecule has 3 aromatic rings. The van der Waals surface area contributed by atoms with E-state index in [1.807, 2.05) is 6.07 Å². The fourth-order valence-electron chi connectivity index (χ4n) is 2.79. The second kappa shape index (κ2) is 8.67. The van der Waals surface area contributed by atoms with Gasteiger partial charge in [-0.3, -0.25) is 0 Å². The first-order chi connectivity index (χ1) is 14.9. The van der Waals surface area contributed by atoms with Gasteiger partial charge in [0, 0.05) is 17.9 Å². The average Bonchev–Trinajstić information content (AvgIpc) is 3.62. The molecule has 2 aromatic carbocycles. The van der Waals surface area contributed by atoms with E-state index in [1.165, 1.54) is 0 Å². The molecule has 1 heterocycles. The van der Waals surface area contributed by atoms with Crippen LogP contribution in [0.5, 0.6) is 0 Å². The Labute approximate surface area is 179 Å². The topological polar surface area (TPSA) is 120 Å². The monoisotopic (exact) mass is 438 g/mol. The van der Waals surface area contributed by atoms with Gasteiger partial charge < -0.3 is 10.6 Å². The number of hydrogen-bond acceptors (Lipinski definition) is 7. The normalized spacial score (nSPS) is 13.4. The molecule has 0 radical (unpaired) electrons. The third-order valence-corrected chi connectivity index (χ3v) is 6.57. The first kappa shape index (κ1) is 20.7. The lowest BCUT2D eigenvalue weighted by Gasteiger charge is -2.10. The van der Waals surface area contributed by atoms with Crippen molar-refractivity contribution >= 4 is 33.2 Å². The standard InChI is InChI=1S/C21H19FN6O2S/c22-19-13-24-21(27-17-5-1-14(11-23)2-6-17)28-20(19)26-16-7-3-15(4-8-16)12-25-31(29,30)18-9-10-18/h1-8,13,18,25H,9-10,12H2,(H2,24,26,27,28). The number of nitrogens with one attached hydrogen (secondary N) is 3. The Bertz CT molecular complexity index is 1220. The second-order valence-corrected chi connectivity index (χ2v) is 9.14. The van der Waals surface area contributed by atoms with Crippen LogP contribution in [0.4, 0.5) is 27.5 Å². The van der Waals surface area contributed by atoms with E-state index in [-0.39, 0.29) is 23.6 Å². The smallest absolute Gasteiger partial charge is 0.229 e. The number of sulfonamides is 1. The molecule has 4 rings (SSSR count). The number of rotatable bonds is 8. The van der Waals surface area contributed by atoms with Crippen molar-refractivity contribution in [1.29, 1.82) is 5.26 Å². The third-order valence-electron chi connectivity index (χ3n) is 4.67. The van der Waals surface area contributed by atoms with Crippen LogP contribution in [0.3, 0.4) is 0 Å². The molecule has 1 aliphatic rings. The van der Waals surface area contributed by atoms with Crippen LogP contribution in [0.1, 0.15) is 24.0 Å². The van der Waals surface area contributed by atoms with E-state index < -0.39 is 15.8 Å². The Balaban J connectivity index is 1.41. The highest BCUT2D eigenvalue weighted by Gasteiger charge is 2.35. The number of halogens is 1. The molecular formula is C21H19FN6O2S. The van der Waals surface area contributed by atoms with Gasteiger partial charge in [-0.15, -0.1) is 0 Å². The maximum Gasteiger partial charge on any atom is 0.229 e. The summed E-state index contributed by atoms with van der Waals surface area (Å²) >= 11 is 0. The Kier molecular flexibility index (Phi) is 5.79. The summed E-state index contributed by atoms with van der Waals surface area (Å²) in [4.78, 5) is 8.09.